The minimum absolute atomic E-state index is 0.231. The molecule has 0 aliphatic heterocycles. The van der Waals surface area contributed by atoms with E-state index in [0.29, 0.717) is 13.2 Å². The van der Waals surface area contributed by atoms with E-state index in [0.717, 1.165) is 25.8 Å². The summed E-state index contributed by atoms with van der Waals surface area (Å²) >= 11 is 0. The van der Waals surface area contributed by atoms with Gasteiger partial charge >= 0.3 is 6.09 Å². The van der Waals surface area contributed by atoms with Crippen LogP contribution in [0.3, 0.4) is 0 Å². The first-order valence-electron chi connectivity index (χ1n) is 7.62. The molecule has 1 amide bonds. The predicted octanol–water partition coefficient (Wildman–Crippen LogP) is 1.67. The Morgan fingerprint density at radius 3 is 2.43 bits per heavy atom. The van der Waals surface area contributed by atoms with Gasteiger partial charge in [-0.2, -0.15) is 0 Å². The summed E-state index contributed by atoms with van der Waals surface area (Å²) in [5.41, 5.74) is -0.467. The normalized spacial score (nSPS) is 14.6. The van der Waals surface area contributed by atoms with Gasteiger partial charge in [0.2, 0.25) is 0 Å². The molecule has 126 valence electrons. The molecular formula is C15H32N2O4. The van der Waals surface area contributed by atoms with Crippen LogP contribution in [0.1, 0.15) is 47.0 Å². The third kappa shape index (κ3) is 13.9. The fourth-order valence-electron chi connectivity index (χ4n) is 1.79. The van der Waals surface area contributed by atoms with Crippen LogP contribution in [-0.2, 0) is 9.47 Å². The van der Waals surface area contributed by atoms with Crippen LogP contribution in [0, 0.1) is 0 Å². The molecule has 2 atom stereocenters. The molecule has 0 saturated heterocycles. The Kier molecular flexibility index (Phi) is 10.4. The summed E-state index contributed by atoms with van der Waals surface area (Å²) < 4.78 is 10.3. The maximum Gasteiger partial charge on any atom is 0.407 e. The number of aliphatic hydroxyl groups is 1. The number of rotatable bonds is 10. The van der Waals surface area contributed by atoms with Crippen molar-refractivity contribution in [2.75, 3.05) is 26.8 Å². The molecule has 6 nitrogen and oxygen atoms in total. The number of hydrogen-bond acceptors (Lipinski definition) is 5. The molecule has 0 aliphatic rings. The second-order valence-electron chi connectivity index (χ2n) is 6.31. The van der Waals surface area contributed by atoms with Crippen molar-refractivity contribution in [3.05, 3.63) is 0 Å². The van der Waals surface area contributed by atoms with Crippen molar-refractivity contribution in [1.82, 2.24) is 10.6 Å². The van der Waals surface area contributed by atoms with Crippen LogP contribution in [0.15, 0.2) is 0 Å². The molecule has 0 rings (SSSR count). The predicted molar refractivity (Wildman–Crippen MR) is 83.4 cm³/mol. The monoisotopic (exact) mass is 304 g/mol. The van der Waals surface area contributed by atoms with Crippen molar-refractivity contribution in [3.8, 4) is 0 Å². The Balaban J connectivity index is 3.80. The summed E-state index contributed by atoms with van der Waals surface area (Å²) in [6.07, 6.45) is 1.77. The van der Waals surface area contributed by atoms with E-state index in [9.17, 15) is 9.90 Å². The van der Waals surface area contributed by atoms with Gasteiger partial charge in [-0.1, -0.05) is 0 Å². The largest absolute Gasteiger partial charge is 0.444 e. The maximum absolute atomic E-state index is 11.5. The molecule has 0 saturated carbocycles. The first kappa shape index (κ1) is 20.1. The zero-order valence-electron chi connectivity index (χ0n) is 14.1. The number of amides is 1. The third-order valence-corrected chi connectivity index (χ3v) is 2.76. The average molecular weight is 304 g/mol. The number of nitrogens with one attached hydrogen (secondary N) is 2. The highest BCUT2D eigenvalue weighted by Crippen LogP contribution is 2.06. The molecule has 3 N–H and O–H groups in total. The van der Waals surface area contributed by atoms with Crippen molar-refractivity contribution in [1.29, 1.82) is 0 Å². The van der Waals surface area contributed by atoms with Crippen molar-refractivity contribution in [2.45, 2.75) is 64.7 Å². The Morgan fingerprint density at radius 1 is 1.24 bits per heavy atom. The summed E-state index contributed by atoms with van der Waals surface area (Å²) in [5.74, 6) is 0. The molecule has 0 aromatic rings. The van der Waals surface area contributed by atoms with E-state index in [-0.39, 0.29) is 18.2 Å². The molecule has 6 heteroatoms. The van der Waals surface area contributed by atoms with Crippen LogP contribution in [0.25, 0.3) is 0 Å². The van der Waals surface area contributed by atoms with E-state index in [2.05, 4.69) is 10.6 Å². The van der Waals surface area contributed by atoms with Crippen LogP contribution in [0.2, 0.25) is 0 Å². The van der Waals surface area contributed by atoms with Gasteiger partial charge < -0.3 is 25.2 Å². The molecule has 2 unspecified atom stereocenters. The second-order valence-corrected chi connectivity index (χ2v) is 6.31. The number of aliphatic hydroxyl groups excluding tert-OH is 1. The lowest BCUT2D eigenvalue weighted by molar-refractivity contribution is 0.0526. The number of alkyl carbamates (subject to hydrolysis) is 1. The number of methoxy groups -OCH3 is 1. The van der Waals surface area contributed by atoms with E-state index in [1.165, 1.54) is 0 Å². The molecule has 0 radical (unpaired) electrons. The first-order chi connectivity index (χ1) is 9.74. The van der Waals surface area contributed by atoms with Crippen molar-refractivity contribution in [2.24, 2.45) is 0 Å². The molecule has 0 heterocycles. The van der Waals surface area contributed by atoms with E-state index in [4.69, 9.17) is 9.47 Å². The summed E-state index contributed by atoms with van der Waals surface area (Å²) in [6.45, 7) is 9.25. The topological polar surface area (TPSA) is 79.8 Å². The highest BCUT2D eigenvalue weighted by Gasteiger charge is 2.15. The van der Waals surface area contributed by atoms with Crippen molar-refractivity contribution < 1.29 is 19.4 Å². The van der Waals surface area contributed by atoms with Crippen molar-refractivity contribution >= 4 is 6.09 Å². The van der Waals surface area contributed by atoms with Crippen LogP contribution < -0.4 is 10.6 Å². The molecule has 0 spiro atoms. The molecule has 21 heavy (non-hydrogen) atoms. The van der Waals surface area contributed by atoms with Gasteiger partial charge in [0.25, 0.3) is 0 Å². The average Bonchev–Trinajstić information content (AvgIpc) is 2.31. The van der Waals surface area contributed by atoms with Gasteiger partial charge in [-0.3, -0.25) is 0 Å². The fraction of sp³-hybridized carbons (Fsp3) is 0.933. The lowest BCUT2D eigenvalue weighted by Gasteiger charge is -2.20. The van der Waals surface area contributed by atoms with Gasteiger partial charge in [0, 0.05) is 19.7 Å². The van der Waals surface area contributed by atoms with Gasteiger partial charge in [-0.25, -0.2) is 4.79 Å². The van der Waals surface area contributed by atoms with E-state index in [1.807, 2.05) is 20.8 Å². The summed E-state index contributed by atoms with van der Waals surface area (Å²) in [6, 6.07) is 0.231. The molecular weight excluding hydrogens is 272 g/mol. The number of ether oxygens (including phenoxy) is 2. The molecule has 0 aliphatic carbocycles. The van der Waals surface area contributed by atoms with E-state index in [1.54, 1.807) is 14.0 Å². The Hall–Kier alpha value is -0.850. The quantitative estimate of drug-likeness (QED) is 0.535. The SMILES string of the molecule is COCC(CCCNC(=O)OC(C)(C)C)NCCC(C)O. The van der Waals surface area contributed by atoms with Gasteiger partial charge in [0.05, 0.1) is 12.7 Å². The van der Waals surface area contributed by atoms with E-state index < -0.39 is 5.60 Å². The highest BCUT2D eigenvalue weighted by atomic mass is 16.6. The number of carbonyl (C=O) groups is 1. The fourth-order valence-corrected chi connectivity index (χ4v) is 1.79. The van der Waals surface area contributed by atoms with E-state index >= 15 is 0 Å². The maximum atomic E-state index is 11.5. The summed E-state index contributed by atoms with van der Waals surface area (Å²) in [5, 5.41) is 15.3. The Bertz CT molecular complexity index is 277. The van der Waals surface area contributed by atoms with Gasteiger partial charge in [-0.05, 0) is 53.5 Å². The molecule has 0 aromatic heterocycles. The highest BCUT2D eigenvalue weighted by molar-refractivity contribution is 5.67. The third-order valence-electron chi connectivity index (χ3n) is 2.76. The molecule has 0 fully saturated rings. The lowest BCUT2D eigenvalue weighted by atomic mass is 10.1. The standard InChI is InChI=1S/C15H32N2O4/c1-12(18)8-10-16-13(11-20-5)7-6-9-17-14(19)21-15(2,3)4/h12-13,16,18H,6-11H2,1-5H3,(H,17,19). The summed E-state index contributed by atoms with van der Waals surface area (Å²) in [7, 11) is 1.67. The first-order valence-corrected chi connectivity index (χ1v) is 7.62. The van der Waals surface area contributed by atoms with Crippen LogP contribution in [0.5, 0.6) is 0 Å². The Labute approximate surface area is 128 Å². The minimum Gasteiger partial charge on any atom is -0.444 e. The molecule has 0 aromatic carbocycles. The minimum atomic E-state index is -0.467. The van der Waals surface area contributed by atoms with Gasteiger partial charge in [-0.15, -0.1) is 0 Å². The molecule has 0 bridgehead atoms. The zero-order valence-corrected chi connectivity index (χ0v) is 14.1. The lowest BCUT2D eigenvalue weighted by Crippen LogP contribution is -2.36. The number of carbonyl (C=O) groups excluding carboxylic acids is 1. The summed E-state index contributed by atoms with van der Waals surface area (Å²) in [4.78, 5) is 11.5. The Morgan fingerprint density at radius 2 is 1.90 bits per heavy atom. The van der Waals surface area contributed by atoms with Crippen molar-refractivity contribution in [3.63, 3.8) is 0 Å². The van der Waals surface area contributed by atoms with Gasteiger partial charge in [0.15, 0.2) is 0 Å². The smallest absolute Gasteiger partial charge is 0.407 e. The van der Waals surface area contributed by atoms with Crippen LogP contribution in [-0.4, -0.2) is 55.8 Å². The van der Waals surface area contributed by atoms with Crippen LogP contribution >= 0.6 is 0 Å². The van der Waals surface area contributed by atoms with Crippen LogP contribution in [0.4, 0.5) is 4.79 Å². The van der Waals surface area contributed by atoms with Gasteiger partial charge in [0.1, 0.15) is 5.60 Å². The second kappa shape index (κ2) is 10.8. The zero-order chi connectivity index (χ0) is 16.3. The number of hydrogen-bond donors (Lipinski definition) is 3.